The zero-order chi connectivity index (χ0) is 96.3. The molecule has 130 heavy (non-hydrogen) atoms. The largest absolute Gasteiger partial charge is 0.477 e. The van der Waals surface area contributed by atoms with Crippen LogP contribution in [0, 0.1) is 0 Å². The van der Waals surface area contributed by atoms with Gasteiger partial charge in [-0.15, -0.1) is 0 Å². The van der Waals surface area contributed by atoms with Crippen LogP contribution in [0.1, 0.15) is 285 Å². The molecule has 0 bridgehead atoms. The first-order chi connectivity index (χ1) is 62.0. The maximum atomic E-state index is 13.9. The second-order valence-electron chi connectivity index (χ2n) is 35.7. The minimum atomic E-state index is -3.58. The van der Waals surface area contributed by atoms with E-state index in [1.54, 1.807) is 6.08 Å². The van der Waals surface area contributed by atoms with Crippen molar-refractivity contribution in [2.24, 2.45) is 0 Å². The van der Waals surface area contributed by atoms with E-state index in [9.17, 15) is 136 Å². The fourth-order valence-electron chi connectivity index (χ4n) is 17.5. The minimum absolute atomic E-state index is 0.123. The van der Waals surface area contributed by atoms with E-state index in [0.717, 1.165) is 85.0 Å². The SMILES string of the molecule is CCCCCCCCCCCCCC=C[C@@H](O)[C@H](CO[C@@H]1O[C@H](CO)[C@@H](O[C@@H]2O[C@H](CO)[C@H](O)[C@H](O[C@]3(C(=O)O)C[C@H](O)[C@@H](NC(C)=O)C([C@H](O)[C@@H](CO)O[C@]4(C(=O)O)C[C@H](O)[C@@H](NC(C)=O)C([C@H](O)[C@@H](CO)O[C@]5(C(=O)O)C[C@H](O)[C@@H](NC(C)=O)C([C@H](O)[C@H](O)CO)O5)O4)O3)[C@H]2O)[C@H](O)[C@H]1O)NC(=O)CCCCCCCCCCCCCCCCCCCCCCCCC. The van der Waals surface area contributed by atoms with Crippen LogP contribution < -0.4 is 21.3 Å². The molecule has 0 radical (unpaired) electrons. The number of aliphatic carboxylic acids is 3. The van der Waals surface area contributed by atoms with Crippen molar-refractivity contribution >= 4 is 41.5 Å². The molecule has 0 aromatic carbocycles. The van der Waals surface area contributed by atoms with Gasteiger partial charge >= 0.3 is 17.9 Å². The molecular weight excluding hydrogens is 1720 g/mol. The number of ether oxygens (including phenoxy) is 10. The smallest absolute Gasteiger partial charge is 0.364 e. The van der Waals surface area contributed by atoms with Gasteiger partial charge < -0.3 is 171 Å². The van der Waals surface area contributed by atoms with Gasteiger partial charge in [0.15, 0.2) is 12.6 Å². The molecule has 756 valence electrons. The van der Waals surface area contributed by atoms with E-state index < -0.39 is 283 Å². The highest BCUT2D eigenvalue weighted by Crippen LogP contribution is 2.43. The predicted molar refractivity (Wildman–Crippen MR) is 461 cm³/mol. The van der Waals surface area contributed by atoms with Crippen molar-refractivity contribution in [3.05, 3.63) is 12.2 Å². The van der Waals surface area contributed by atoms with Gasteiger partial charge in [-0.05, 0) is 19.3 Å². The molecule has 5 saturated heterocycles. The molecule has 0 aromatic heterocycles. The summed E-state index contributed by atoms with van der Waals surface area (Å²) in [6, 6.07) is -7.03. The van der Waals surface area contributed by atoms with Crippen LogP contribution >= 0.6 is 0 Å². The van der Waals surface area contributed by atoms with Gasteiger partial charge in [0.2, 0.25) is 23.6 Å². The Morgan fingerprint density at radius 2 is 0.769 bits per heavy atom. The number of hydrogen-bond donors (Lipinski definition) is 24. The van der Waals surface area contributed by atoms with Crippen LogP contribution in [0.3, 0.4) is 0 Å². The van der Waals surface area contributed by atoms with E-state index in [4.69, 9.17) is 47.4 Å². The Morgan fingerprint density at radius 3 is 1.13 bits per heavy atom. The highest BCUT2D eigenvalue weighted by atomic mass is 16.8. The van der Waals surface area contributed by atoms with Crippen LogP contribution in [-0.2, 0) is 80.9 Å². The highest BCUT2D eigenvalue weighted by Gasteiger charge is 2.64. The Labute approximate surface area is 761 Å². The van der Waals surface area contributed by atoms with E-state index in [2.05, 4.69) is 35.1 Å². The van der Waals surface area contributed by atoms with Gasteiger partial charge in [-0.1, -0.05) is 231 Å². The summed E-state index contributed by atoms with van der Waals surface area (Å²) in [5.41, 5.74) is 0. The molecule has 0 aliphatic carbocycles. The molecule has 5 heterocycles. The van der Waals surface area contributed by atoms with Crippen LogP contribution in [0.25, 0.3) is 0 Å². The van der Waals surface area contributed by atoms with Gasteiger partial charge in [0.1, 0.15) is 104 Å². The third-order valence-electron chi connectivity index (χ3n) is 25.0. The Balaban J connectivity index is 1.30. The lowest BCUT2D eigenvalue weighted by atomic mass is 9.86. The number of rotatable bonds is 67. The second-order valence-corrected chi connectivity index (χ2v) is 35.7. The van der Waals surface area contributed by atoms with Gasteiger partial charge in [-0.2, -0.15) is 0 Å². The van der Waals surface area contributed by atoms with Crippen LogP contribution in [0.2, 0.25) is 0 Å². The molecule has 3 unspecified atom stereocenters. The normalized spacial score (nSPS) is 31.5. The molecule has 41 heteroatoms. The van der Waals surface area contributed by atoms with Crippen LogP contribution in [0.5, 0.6) is 0 Å². The fraction of sp³-hybridized carbons (Fsp3) is 0.899. The summed E-state index contributed by atoms with van der Waals surface area (Å²) in [7, 11) is 0. The molecule has 5 rings (SSSR count). The number of amides is 4. The number of unbranched alkanes of at least 4 members (excludes halogenated alkanes) is 33. The molecular formula is C89H158N4O37. The lowest BCUT2D eigenvalue weighted by Gasteiger charge is -2.51. The summed E-state index contributed by atoms with van der Waals surface area (Å²) in [4.78, 5) is 92.3. The van der Waals surface area contributed by atoms with Gasteiger partial charge in [-0.25, -0.2) is 14.4 Å². The average Bonchev–Trinajstić information content (AvgIpc) is 0.746. The van der Waals surface area contributed by atoms with Crippen LogP contribution in [-0.4, -0.2) is 366 Å². The Kier molecular flexibility index (Phi) is 53.7. The molecule has 30 atom stereocenters. The number of carbonyl (C=O) groups is 7. The quantitative estimate of drug-likeness (QED) is 0.0293. The molecule has 5 fully saturated rings. The molecule has 0 spiro atoms. The standard InChI is InChI=1S/C89H158N4O37/c1-6-8-10-12-14-16-18-20-21-22-23-24-25-26-27-28-29-31-33-35-37-39-41-43-66(107)93-56(57(102)42-40-38-36-34-32-30-19-17-15-13-11-9-7-2)52-121-82-75(113)74(112)77(65(51-98)123-82)124-83-76(114)81(71(109)62(48-95)122-83)130-89(86(119)120)46-60(105)69(92-55(5)101)80(129-89)73(111)64(50-97)126-88(85(117)118)45-59(104)68(91-54(4)100)79(128-88)72(110)63(49-96)125-87(84(115)116)44-58(103)67(90-53(3)99)78(127-87)70(108)61(106)47-94/h40,42,56-65,67-83,94-98,102-106,108-114H,6-39,41,43-52H2,1-5H3,(H,90,99)(H,91,100)(H,92,101)(H,93,107)(H,115,116)(H,117,118)(H,119,120)/t56-,57+,58-,59-,60-,61+,62+,63+,64+,65+,67+,68+,69+,70+,71-,72+,73+,74+,75+,76+,77+,78?,79?,80?,81-,82+,83-,87+,88+,89-/m0/s1. The topological polar surface area (TPSA) is 665 Å². The number of carboxylic acids is 3. The summed E-state index contributed by atoms with van der Waals surface area (Å²) < 4.78 is 58.3. The van der Waals surface area contributed by atoms with Crippen LogP contribution in [0.15, 0.2) is 12.2 Å². The lowest BCUT2D eigenvalue weighted by molar-refractivity contribution is -0.388. The van der Waals surface area contributed by atoms with Crippen molar-refractivity contribution in [1.82, 2.24) is 21.3 Å². The monoisotopic (exact) mass is 1880 g/mol. The molecule has 5 aliphatic heterocycles. The zero-order valence-corrected chi connectivity index (χ0v) is 76.4. The van der Waals surface area contributed by atoms with Crippen molar-refractivity contribution < 1.29 is 183 Å². The maximum Gasteiger partial charge on any atom is 0.364 e. The van der Waals surface area contributed by atoms with E-state index in [0.29, 0.717) is 12.8 Å². The molecule has 0 saturated carbocycles. The van der Waals surface area contributed by atoms with Crippen molar-refractivity contribution in [2.45, 2.75) is 467 Å². The summed E-state index contributed by atoms with van der Waals surface area (Å²) in [6.07, 6.45) is -11.4. The number of carbonyl (C=O) groups excluding carboxylic acids is 4. The van der Waals surface area contributed by atoms with E-state index >= 15 is 0 Å². The number of aliphatic hydroxyl groups is 17. The van der Waals surface area contributed by atoms with E-state index in [1.165, 1.54) is 154 Å². The average molecular weight is 1880 g/mol. The maximum absolute atomic E-state index is 13.9. The fourth-order valence-corrected chi connectivity index (χ4v) is 17.5. The number of carboxylic acid groups (broad SMARTS) is 3. The van der Waals surface area contributed by atoms with Gasteiger partial charge in [-0.3, -0.25) is 19.2 Å². The first kappa shape index (κ1) is 115. The summed E-state index contributed by atoms with van der Waals surface area (Å²) in [5.74, 6) is -20.6. The van der Waals surface area contributed by atoms with Crippen molar-refractivity contribution in [3.63, 3.8) is 0 Å². The van der Waals surface area contributed by atoms with Crippen molar-refractivity contribution in [2.75, 3.05) is 39.6 Å². The zero-order valence-electron chi connectivity index (χ0n) is 76.4. The summed E-state index contributed by atoms with van der Waals surface area (Å²) in [5, 5.41) is 235. The van der Waals surface area contributed by atoms with Crippen molar-refractivity contribution in [1.29, 1.82) is 0 Å². The molecule has 4 amide bonds. The summed E-state index contributed by atoms with van der Waals surface area (Å²) >= 11 is 0. The number of hydrogen-bond acceptors (Lipinski definition) is 34. The minimum Gasteiger partial charge on any atom is -0.477 e. The molecule has 0 aromatic rings. The van der Waals surface area contributed by atoms with Crippen LogP contribution in [0.4, 0.5) is 0 Å². The second kappa shape index (κ2) is 60.5. The Morgan fingerprint density at radius 1 is 0.415 bits per heavy atom. The first-order valence-corrected chi connectivity index (χ1v) is 47.3. The third kappa shape index (κ3) is 36.1. The van der Waals surface area contributed by atoms with Gasteiger partial charge in [0, 0.05) is 46.5 Å². The molecule has 41 nitrogen and oxygen atoms in total. The number of allylic oxidation sites excluding steroid dienone is 1. The van der Waals surface area contributed by atoms with E-state index in [1.807, 2.05) is 0 Å². The predicted octanol–water partition coefficient (Wildman–Crippen LogP) is 0.634. The van der Waals surface area contributed by atoms with Crippen molar-refractivity contribution in [3.8, 4) is 0 Å². The Bertz CT molecular complexity index is 3250. The molecule has 5 aliphatic rings. The number of nitrogens with one attached hydrogen (secondary N) is 4. The first-order valence-electron chi connectivity index (χ1n) is 47.3. The number of aliphatic hydroxyl groups excluding tert-OH is 17. The Hall–Kier alpha value is -5.05. The van der Waals surface area contributed by atoms with Gasteiger partial charge in [0.05, 0.1) is 88.2 Å². The van der Waals surface area contributed by atoms with E-state index in [-0.39, 0.29) is 6.42 Å². The third-order valence-corrected chi connectivity index (χ3v) is 25.0. The lowest BCUT2D eigenvalue weighted by Crippen LogP contribution is -2.72. The summed E-state index contributed by atoms with van der Waals surface area (Å²) in [6.45, 7) is -0.0348. The highest BCUT2D eigenvalue weighted by molar-refractivity contribution is 5.79. The van der Waals surface area contributed by atoms with Gasteiger partial charge in [0.25, 0.3) is 17.4 Å². The molecule has 24 N–H and O–H groups in total.